The molecule has 1 atom stereocenters. The van der Waals surface area contributed by atoms with E-state index < -0.39 is 4.33 Å². The van der Waals surface area contributed by atoms with Gasteiger partial charge in [-0.15, -0.1) is 23.2 Å². The molecule has 0 aromatic carbocycles. The summed E-state index contributed by atoms with van der Waals surface area (Å²) in [6, 6.07) is 8.14. The molecule has 1 aliphatic rings. The molecule has 0 spiro atoms. The molecule has 2 heterocycles. The standard InChI is InChI=1S/C15H12Cl3N3O2/c16-12-6-10(4-5-19-12)23-13-3-1-2-11(21-13)14(22)20-8-9-7-15(9,17)18/h1-6,9H,7-8H2,(H,20,22). The fourth-order valence-corrected chi connectivity index (χ4v) is 2.66. The van der Waals surface area contributed by atoms with Gasteiger partial charge >= 0.3 is 0 Å². The third-order valence-electron chi connectivity index (χ3n) is 3.34. The highest BCUT2D eigenvalue weighted by atomic mass is 35.5. The molecule has 23 heavy (non-hydrogen) atoms. The van der Waals surface area contributed by atoms with Crippen LogP contribution in [0, 0.1) is 5.92 Å². The number of nitrogens with one attached hydrogen (secondary N) is 1. The zero-order valence-corrected chi connectivity index (χ0v) is 14.1. The van der Waals surface area contributed by atoms with Crippen molar-refractivity contribution < 1.29 is 9.53 Å². The molecule has 1 N–H and O–H groups in total. The third kappa shape index (κ3) is 4.25. The number of pyridine rings is 2. The summed E-state index contributed by atoms with van der Waals surface area (Å²) in [5, 5.41) is 3.07. The number of ether oxygens (including phenoxy) is 1. The van der Waals surface area contributed by atoms with Gasteiger partial charge in [0.15, 0.2) is 0 Å². The number of hydrogen-bond acceptors (Lipinski definition) is 4. The summed E-state index contributed by atoms with van der Waals surface area (Å²) >= 11 is 17.7. The van der Waals surface area contributed by atoms with Crippen molar-refractivity contribution in [2.45, 2.75) is 10.8 Å². The van der Waals surface area contributed by atoms with Crippen LogP contribution in [-0.2, 0) is 0 Å². The van der Waals surface area contributed by atoms with Gasteiger partial charge in [-0.1, -0.05) is 17.7 Å². The summed E-state index contributed by atoms with van der Waals surface area (Å²) in [6.07, 6.45) is 2.20. The SMILES string of the molecule is O=C(NCC1CC1(Cl)Cl)c1cccc(Oc2ccnc(Cl)c2)n1. The first-order valence-electron chi connectivity index (χ1n) is 6.86. The molecule has 0 saturated heterocycles. The second-order valence-electron chi connectivity index (χ2n) is 5.15. The van der Waals surface area contributed by atoms with Crippen LogP contribution in [0.15, 0.2) is 36.5 Å². The number of amides is 1. The lowest BCUT2D eigenvalue weighted by Gasteiger charge is -2.07. The highest BCUT2D eigenvalue weighted by Crippen LogP contribution is 2.52. The molecule has 1 saturated carbocycles. The quantitative estimate of drug-likeness (QED) is 0.639. The predicted octanol–water partition coefficient (Wildman–Crippen LogP) is 3.85. The van der Waals surface area contributed by atoms with Crippen molar-refractivity contribution >= 4 is 40.7 Å². The summed E-state index contributed by atoms with van der Waals surface area (Å²) in [4.78, 5) is 20.1. The van der Waals surface area contributed by atoms with Crippen molar-refractivity contribution in [2.75, 3.05) is 6.54 Å². The lowest BCUT2D eigenvalue weighted by atomic mass is 10.3. The van der Waals surface area contributed by atoms with Crippen molar-refractivity contribution in [3.8, 4) is 11.6 Å². The summed E-state index contributed by atoms with van der Waals surface area (Å²) in [5.41, 5.74) is 0.248. The van der Waals surface area contributed by atoms with Crippen molar-refractivity contribution in [3.63, 3.8) is 0 Å². The van der Waals surface area contributed by atoms with E-state index in [-0.39, 0.29) is 23.4 Å². The van der Waals surface area contributed by atoms with Gasteiger partial charge in [0, 0.05) is 30.8 Å². The van der Waals surface area contributed by atoms with Gasteiger partial charge in [-0.05, 0) is 18.6 Å². The van der Waals surface area contributed by atoms with Crippen LogP contribution in [0.1, 0.15) is 16.9 Å². The summed E-state index contributed by atoms with van der Waals surface area (Å²) in [6.45, 7) is 0.415. The van der Waals surface area contributed by atoms with Crippen molar-refractivity contribution in [1.82, 2.24) is 15.3 Å². The van der Waals surface area contributed by atoms with E-state index in [1.807, 2.05) is 0 Å². The van der Waals surface area contributed by atoms with Gasteiger partial charge < -0.3 is 10.1 Å². The minimum Gasteiger partial charge on any atom is -0.439 e. The first kappa shape index (κ1) is 16.3. The number of rotatable bonds is 5. The summed E-state index contributed by atoms with van der Waals surface area (Å²) < 4.78 is 4.85. The zero-order chi connectivity index (χ0) is 16.4. The highest BCUT2D eigenvalue weighted by molar-refractivity contribution is 6.50. The van der Waals surface area contributed by atoms with E-state index >= 15 is 0 Å². The smallest absolute Gasteiger partial charge is 0.270 e. The Morgan fingerprint density at radius 1 is 1.39 bits per heavy atom. The maximum absolute atomic E-state index is 12.1. The Labute approximate surface area is 147 Å². The van der Waals surface area contributed by atoms with E-state index in [1.54, 1.807) is 30.3 Å². The fraction of sp³-hybridized carbons (Fsp3) is 0.267. The molecule has 8 heteroatoms. The van der Waals surface area contributed by atoms with Gasteiger partial charge in [0.2, 0.25) is 5.88 Å². The number of halogens is 3. The molecule has 1 aliphatic carbocycles. The minimum absolute atomic E-state index is 0.0770. The second-order valence-corrected chi connectivity index (χ2v) is 7.08. The molecule has 1 unspecified atom stereocenters. The van der Waals surface area contributed by atoms with Crippen LogP contribution in [0.4, 0.5) is 0 Å². The van der Waals surface area contributed by atoms with Crippen LogP contribution < -0.4 is 10.1 Å². The van der Waals surface area contributed by atoms with Crippen LogP contribution in [0.3, 0.4) is 0 Å². The number of carbonyl (C=O) groups excluding carboxylic acids is 1. The van der Waals surface area contributed by atoms with Gasteiger partial charge in [0.05, 0.1) is 0 Å². The van der Waals surface area contributed by atoms with Crippen LogP contribution in [0.25, 0.3) is 0 Å². The number of nitrogens with zero attached hydrogens (tertiary/aromatic N) is 2. The molecule has 2 aromatic heterocycles. The fourth-order valence-electron chi connectivity index (χ4n) is 1.96. The first-order chi connectivity index (χ1) is 10.9. The Hall–Kier alpha value is -1.56. The van der Waals surface area contributed by atoms with Crippen molar-refractivity contribution in [3.05, 3.63) is 47.4 Å². The molecular weight excluding hydrogens is 361 g/mol. The highest BCUT2D eigenvalue weighted by Gasteiger charge is 2.51. The van der Waals surface area contributed by atoms with Crippen LogP contribution in [0.2, 0.25) is 5.15 Å². The molecular formula is C15H12Cl3N3O2. The van der Waals surface area contributed by atoms with Gasteiger partial charge in [0.25, 0.3) is 5.91 Å². The van der Waals surface area contributed by atoms with Crippen molar-refractivity contribution in [1.29, 1.82) is 0 Å². The summed E-state index contributed by atoms with van der Waals surface area (Å²) in [7, 11) is 0. The Balaban J connectivity index is 1.63. The molecule has 0 bridgehead atoms. The lowest BCUT2D eigenvalue weighted by Crippen LogP contribution is -2.27. The molecule has 5 nitrogen and oxygen atoms in total. The lowest BCUT2D eigenvalue weighted by molar-refractivity contribution is 0.0946. The molecule has 3 rings (SSSR count). The van der Waals surface area contributed by atoms with E-state index in [4.69, 9.17) is 39.5 Å². The largest absolute Gasteiger partial charge is 0.439 e. The number of alkyl halides is 2. The topological polar surface area (TPSA) is 64.1 Å². The average molecular weight is 373 g/mol. The normalized spacial score (nSPS) is 18.3. The molecule has 2 aromatic rings. The van der Waals surface area contributed by atoms with Gasteiger partial charge in [0.1, 0.15) is 20.9 Å². The molecule has 0 aliphatic heterocycles. The average Bonchev–Trinajstić information content (AvgIpc) is 3.12. The van der Waals surface area contributed by atoms with Gasteiger partial charge in [-0.2, -0.15) is 0 Å². The van der Waals surface area contributed by atoms with E-state index in [9.17, 15) is 4.79 Å². The van der Waals surface area contributed by atoms with Crippen molar-refractivity contribution in [2.24, 2.45) is 5.92 Å². The van der Waals surface area contributed by atoms with E-state index in [2.05, 4.69) is 15.3 Å². The van der Waals surface area contributed by atoms with Gasteiger partial charge in [-0.25, -0.2) is 9.97 Å². The Morgan fingerprint density at radius 2 is 2.17 bits per heavy atom. The maximum atomic E-state index is 12.1. The second kappa shape index (κ2) is 6.51. The number of carbonyl (C=O) groups is 1. The van der Waals surface area contributed by atoms with E-state index in [0.717, 1.165) is 0 Å². The van der Waals surface area contributed by atoms with E-state index in [1.165, 1.54) is 6.20 Å². The van der Waals surface area contributed by atoms with Crippen LogP contribution in [-0.4, -0.2) is 26.8 Å². The van der Waals surface area contributed by atoms with Crippen LogP contribution in [0.5, 0.6) is 11.6 Å². The maximum Gasteiger partial charge on any atom is 0.270 e. The monoisotopic (exact) mass is 371 g/mol. The summed E-state index contributed by atoms with van der Waals surface area (Å²) in [5.74, 6) is 0.546. The zero-order valence-electron chi connectivity index (χ0n) is 11.8. The predicted molar refractivity (Wildman–Crippen MR) is 88.4 cm³/mol. The minimum atomic E-state index is -0.716. The molecule has 120 valence electrons. The Bertz CT molecular complexity index is 739. The first-order valence-corrected chi connectivity index (χ1v) is 8.00. The Morgan fingerprint density at radius 3 is 2.87 bits per heavy atom. The molecule has 0 radical (unpaired) electrons. The van der Waals surface area contributed by atoms with E-state index in [0.29, 0.717) is 23.9 Å². The molecule has 1 amide bonds. The van der Waals surface area contributed by atoms with Crippen LogP contribution >= 0.6 is 34.8 Å². The third-order valence-corrected chi connectivity index (χ3v) is 4.47. The number of aromatic nitrogens is 2. The number of hydrogen-bond donors (Lipinski definition) is 1. The molecule has 1 fully saturated rings. The van der Waals surface area contributed by atoms with Gasteiger partial charge in [-0.3, -0.25) is 4.79 Å². The Kier molecular flexibility index (Phi) is 4.62.